The van der Waals surface area contributed by atoms with Gasteiger partial charge in [-0.3, -0.25) is 0 Å². The molecule has 8 unspecified atom stereocenters. The third kappa shape index (κ3) is 0.266. The summed E-state index contributed by atoms with van der Waals surface area (Å²) in [5, 5.41) is 0. The smallest absolute Gasteiger partial charge is 0.00934 e. The minimum Gasteiger partial charge on any atom is -0.0461 e. The minimum atomic E-state index is 1.08. The normalized spacial score (nSPS) is 112. The molecule has 12 rings (SSSR count). The summed E-state index contributed by atoms with van der Waals surface area (Å²) in [4.78, 5) is 0. The van der Waals surface area contributed by atoms with Crippen molar-refractivity contribution in [1.29, 1.82) is 0 Å². The molecule has 0 nitrogen and oxygen atoms in total. The van der Waals surface area contributed by atoms with Crippen molar-refractivity contribution in [2.45, 2.75) is 25.7 Å². The zero-order valence-electron chi connectivity index (χ0n) is 12.3. The number of hydrogen-bond donors (Lipinski definition) is 0. The molecule has 5 spiro atoms. The van der Waals surface area contributed by atoms with Gasteiger partial charge in [0.15, 0.2) is 0 Å². The first kappa shape index (κ1) is 8.20. The topological polar surface area (TPSA) is 0 Å². The van der Waals surface area contributed by atoms with E-state index in [2.05, 4.69) is 0 Å². The zero-order chi connectivity index (χ0) is 12.3. The molecule has 0 aromatic rings. The maximum Gasteiger partial charge on any atom is -0.00934 e. The van der Waals surface area contributed by atoms with Crippen LogP contribution in [-0.2, 0) is 0 Å². The average Bonchev–Trinajstić information content (AvgIpc) is 2.34. The fraction of sp³-hybridized carbons (Fsp3) is 1.00. The molecule has 0 bridgehead atoms. The number of fused-ring (bicyclic) bond motifs is 8. The molecule has 0 radical (unpaired) electrons. The van der Waals surface area contributed by atoms with Crippen molar-refractivity contribution in [3.63, 3.8) is 0 Å². The van der Waals surface area contributed by atoms with E-state index >= 15 is 0 Å². The van der Waals surface area contributed by atoms with Crippen LogP contribution in [0, 0.1) is 98.1 Å². The van der Waals surface area contributed by atoms with Crippen LogP contribution < -0.4 is 0 Å². The summed E-state index contributed by atoms with van der Waals surface area (Å²) >= 11 is 0. The van der Waals surface area contributed by atoms with Crippen LogP contribution >= 0.6 is 0 Å². The molecule has 104 valence electrons. The van der Waals surface area contributed by atoms with E-state index in [1.807, 2.05) is 0 Å². The Morgan fingerprint density at radius 1 is 0.429 bits per heavy atom. The lowest BCUT2D eigenvalue weighted by molar-refractivity contribution is -0.824. The molecule has 0 aliphatic heterocycles. The third-order valence-electron chi connectivity index (χ3n) is 15.2. The standard InChI is InChI=1S/C21H20/c1-5-2-8-12-16-14-10-4-6-3-9-13-15-11-7(1)17(5,8)19(11,12)21(15,16)20(13,14)18(6,9)10/h5-16H,1-4H2. The Hall–Kier alpha value is 0. The predicted molar refractivity (Wildman–Crippen MR) is 72.5 cm³/mol. The van der Waals surface area contributed by atoms with Crippen molar-refractivity contribution >= 4 is 0 Å². The Morgan fingerprint density at radius 3 is 1.14 bits per heavy atom. The van der Waals surface area contributed by atoms with Crippen molar-refractivity contribution in [2.75, 3.05) is 0 Å². The maximum atomic E-state index is 1.72. The molecule has 0 heterocycles. The van der Waals surface area contributed by atoms with Crippen LogP contribution in [0.2, 0.25) is 0 Å². The number of hydrogen-bond acceptors (Lipinski definition) is 0. The molecule has 0 heteroatoms. The van der Waals surface area contributed by atoms with Gasteiger partial charge in [0.05, 0.1) is 0 Å². The Balaban J connectivity index is 1.24. The summed E-state index contributed by atoms with van der Waals surface area (Å²) in [5.41, 5.74) is 5.45. The quantitative estimate of drug-likeness (QED) is 0.636. The lowest BCUT2D eigenvalue weighted by Crippen LogP contribution is -3.25. The molecule has 8 atom stereocenters. The molecule has 0 N–H and O–H groups in total. The highest BCUT2D eigenvalue weighted by Gasteiger charge is 3.26. The van der Waals surface area contributed by atoms with Crippen molar-refractivity contribution in [3.8, 4) is 0 Å². The van der Waals surface area contributed by atoms with Gasteiger partial charge in [0.2, 0.25) is 0 Å². The molecule has 12 aliphatic rings. The molecule has 0 amide bonds. The SMILES string of the molecule is C1C2CC3C4C5C6C7CC8CC9C%10C%11C%12C1C23C%124C%115C%106C897. The molecule has 21 heavy (non-hydrogen) atoms. The van der Waals surface area contributed by atoms with Crippen LogP contribution in [0.3, 0.4) is 0 Å². The molecular weight excluding hydrogens is 252 g/mol. The summed E-state index contributed by atoms with van der Waals surface area (Å²) < 4.78 is 0. The fourth-order valence-corrected chi connectivity index (χ4v) is 17.1. The number of rotatable bonds is 0. The largest absolute Gasteiger partial charge is 0.0461 e. The highest BCUT2D eigenvalue weighted by atomic mass is 15.3. The molecule has 12 saturated carbocycles. The van der Waals surface area contributed by atoms with Crippen molar-refractivity contribution in [3.05, 3.63) is 0 Å². The second kappa shape index (κ2) is 1.47. The van der Waals surface area contributed by atoms with E-state index in [1.54, 1.807) is 25.7 Å². The summed E-state index contributed by atoms with van der Waals surface area (Å²) in [6, 6.07) is 0. The Labute approximate surface area is 124 Å². The summed E-state index contributed by atoms with van der Waals surface area (Å²) in [7, 11) is 0. The highest BCUT2D eigenvalue weighted by Crippen LogP contribution is 3.28. The molecular formula is C21H20. The van der Waals surface area contributed by atoms with Gasteiger partial charge in [-0.2, -0.15) is 0 Å². The van der Waals surface area contributed by atoms with Crippen LogP contribution in [0.4, 0.5) is 0 Å². The molecule has 0 aromatic heterocycles. The lowest BCUT2D eigenvalue weighted by atomic mass is 8.75. The van der Waals surface area contributed by atoms with Crippen LogP contribution in [0.1, 0.15) is 25.7 Å². The summed E-state index contributed by atoms with van der Waals surface area (Å²) in [5.74, 6) is 15.9. The van der Waals surface area contributed by atoms with Crippen LogP contribution in [-0.4, -0.2) is 0 Å². The first-order valence-corrected chi connectivity index (χ1v) is 10.4. The van der Waals surface area contributed by atoms with Crippen molar-refractivity contribution < 1.29 is 0 Å². The van der Waals surface area contributed by atoms with E-state index in [9.17, 15) is 0 Å². The minimum absolute atomic E-state index is 1.08. The summed E-state index contributed by atoms with van der Waals surface area (Å²) in [6.07, 6.45) is 6.88. The van der Waals surface area contributed by atoms with E-state index in [0.717, 1.165) is 27.1 Å². The van der Waals surface area contributed by atoms with E-state index in [0.29, 0.717) is 0 Å². The van der Waals surface area contributed by atoms with Gasteiger partial charge >= 0.3 is 0 Å². The van der Waals surface area contributed by atoms with Crippen molar-refractivity contribution in [1.82, 2.24) is 0 Å². The Kier molecular flexibility index (Phi) is 0.576. The maximum absolute atomic E-state index is 1.72. The van der Waals surface area contributed by atoms with Crippen LogP contribution in [0.25, 0.3) is 0 Å². The van der Waals surface area contributed by atoms with Gasteiger partial charge in [-0.15, -0.1) is 0 Å². The molecule has 0 aromatic carbocycles. The first-order valence-electron chi connectivity index (χ1n) is 10.4. The van der Waals surface area contributed by atoms with Crippen molar-refractivity contribution in [2.24, 2.45) is 98.1 Å². The fourth-order valence-electron chi connectivity index (χ4n) is 17.1. The van der Waals surface area contributed by atoms with Gasteiger partial charge in [-0.25, -0.2) is 0 Å². The van der Waals surface area contributed by atoms with E-state index in [1.165, 1.54) is 71.0 Å². The van der Waals surface area contributed by atoms with Gasteiger partial charge in [-0.05, 0) is 124 Å². The predicted octanol–water partition coefficient (Wildman–Crippen LogP) is 3.04. The Bertz CT molecular complexity index is 734. The van der Waals surface area contributed by atoms with E-state index in [4.69, 9.17) is 0 Å². The van der Waals surface area contributed by atoms with Gasteiger partial charge in [0, 0.05) is 0 Å². The average molecular weight is 272 g/mol. The van der Waals surface area contributed by atoms with Gasteiger partial charge < -0.3 is 0 Å². The molecule has 12 aliphatic carbocycles. The van der Waals surface area contributed by atoms with Gasteiger partial charge in [-0.1, -0.05) is 0 Å². The summed E-state index contributed by atoms with van der Waals surface area (Å²) in [6.45, 7) is 0. The molecule has 0 saturated heterocycles. The Morgan fingerprint density at radius 2 is 0.810 bits per heavy atom. The van der Waals surface area contributed by atoms with E-state index in [-0.39, 0.29) is 0 Å². The van der Waals surface area contributed by atoms with Crippen LogP contribution in [0.15, 0.2) is 0 Å². The first-order chi connectivity index (χ1) is 10.4. The second-order valence-corrected chi connectivity index (χ2v) is 12.4. The molecule has 12 fully saturated rings. The second-order valence-electron chi connectivity index (χ2n) is 12.4. The lowest BCUT2D eigenvalue weighted by Gasteiger charge is -3.28. The van der Waals surface area contributed by atoms with Gasteiger partial charge in [0.25, 0.3) is 0 Å². The van der Waals surface area contributed by atoms with Crippen LogP contribution in [0.5, 0.6) is 0 Å². The van der Waals surface area contributed by atoms with E-state index < -0.39 is 0 Å². The highest BCUT2D eigenvalue weighted by molar-refractivity contribution is 5.71. The zero-order valence-corrected chi connectivity index (χ0v) is 12.3. The third-order valence-corrected chi connectivity index (χ3v) is 15.2. The monoisotopic (exact) mass is 272 g/mol. The van der Waals surface area contributed by atoms with Gasteiger partial charge in [0.1, 0.15) is 0 Å².